The summed E-state index contributed by atoms with van der Waals surface area (Å²) in [5, 5.41) is 2.59. The molecule has 1 heterocycles. The monoisotopic (exact) mass is 371 g/mol. The minimum Gasteiger partial charge on any atom is -0.399 e. The first kappa shape index (κ1) is 18.4. The van der Waals surface area contributed by atoms with E-state index in [-0.39, 0.29) is 5.56 Å². The normalized spacial score (nSPS) is 11.3. The van der Waals surface area contributed by atoms with E-state index in [0.29, 0.717) is 11.4 Å². The van der Waals surface area contributed by atoms with E-state index in [0.717, 1.165) is 29.0 Å². The molecule has 3 aromatic rings. The van der Waals surface area contributed by atoms with Crippen LogP contribution in [0.25, 0.3) is 11.1 Å². The van der Waals surface area contributed by atoms with Crippen LogP contribution in [0.5, 0.6) is 0 Å². The number of nitrogens with two attached hydrogens (primary N) is 1. The van der Waals surface area contributed by atoms with Crippen LogP contribution in [0.1, 0.15) is 21.6 Å². The van der Waals surface area contributed by atoms with Crippen molar-refractivity contribution in [2.45, 2.75) is 13.1 Å². The summed E-state index contributed by atoms with van der Waals surface area (Å²) in [5.41, 5.74) is 8.14. The molecule has 0 aliphatic heterocycles. The summed E-state index contributed by atoms with van der Waals surface area (Å²) in [6, 6.07) is 13.2. The molecular formula is C20H16F3N3O. The molecule has 7 heteroatoms. The Hall–Kier alpha value is -3.35. The van der Waals surface area contributed by atoms with Crippen LogP contribution in [0.3, 0.4) is 0 Å². The molecule has 4 nitrogen and oxygen atoms in total. The number of carbonyl (C=O) groups is 1. The van der Waals surface area contributed by atoms with Crippen LogP contribution in [0, 0.1) is 6.92 Å². The Labute approximate surface area is 153 Å². The van der Waals surface area contributed by atoms with Crippen molar-refractivity contribution in [2.75, 3.05) is 11.1 Å². The van der Waals surface area contributed by atoms with Crippen molar-refractivity contribution in [1.82, 2.24) is 4.98 Å². The summed E-state index contributed by atoms with van der Waals surface area (Å²) in [5.74, 6) is -0.648. The van der Waals surface area contributed by atoms with Crippen molar-refractivity contribution in [1.29, 1.82) is 0 Å². The number of nitrogen functional groups attached to an aromatic ring is 1. The van der Waals surface area contributed by atoms with Gasteiger partial charge in [0.25, 0.3) is 5.91 Å². The number of halogens is 3. The number of alkyl halides is 3. The largest absolute Gasteiger partial charge is 0.416 e. The third-order valence-corrected chi connectivity index (χ3v) is 3.99. The Morgan fingerprint density at radius 3 is 2.52 bits per heavy atom. The van der Waals surface area contributed by atoms with Crippen molar-refractivity contribution in [3.05, 3.63) is 77.6 Å². The summed E-state index contributed by atoms with van der Waals surface area (Å²) >= 11 is 0. The van der Waals surface area contributed by atoms with Crippen LogP contribution in [0.2, 0.25) is 0 Å². The zero-order valence-electron chi connectivity index (χ0n) is 14.3. The lowest BCUT2D eigenvalue weighted by Crippen LogP contribution is -2.14. The number of amides is 1. The number of hydrogen-bond acceptors (Lipinski definition) is 3. The van der Waals surface area contributed by atoms with Crippen molar-refractivity contribution < 1.29 is 18.0 Å². The highest BCUT2D eigenvalue weighted by Gasteiger charge is 2.30. The molecule has 0 aliphatic carbocycles. The molecule has 2 aromatic carbocycles. The van der Waals surface area contributed by atoms with Gasteiger partial charge in [0, 0.05) is 22.5 Å². The fraction of sp³-hybridized carbons (Fsp3) is 0.100. The van der Waals surface area contributed by atoms with Gasteiger partial charge < -0.3 is 11.1 Å². The fourth-order valence-electron chi connectivity index (χ4n) is 2.64. The summed E-state index contributed by atoms with van der Waals surface area (Å²) in [7, 11) is 0. The maximum Gasteiger partial charge on any atom is 0.416 e. The maximum atomic E-state index is 12.8. The van der Waals surface area contributed by atoms with E-state index >= 15 is 0 Å². The van der Waals surface area contributed by atoms with E-state index in [9.17, 15) is 18.0 Å². The lowest BCUT2D eigenvalue weighted by molar-refractivity contribution is -0.137. The number of anilines is 2. The average molecular weight is 371 g/mol. The second kappa shape index (κ2) is 7.11. The van der Waals surface area contributed by atoms with Gasteiger partial charge in [0.1, 0.15) is 0 Å². The van der Waals surface area contributed by atoms with Gasteiger partial charge in [0.2, 0.25) is 0 Å². The first-order valence-electron chi connectivity index (χ1n) is 8.05. The van der Waals surface area contributed by atoms with E-state index in [1.54, 1.807) is 24.3 Å². The van der Waals surface area contributed by atoms with Crippen LogP contribution in [-0.4, -0.2) is 10.9 Å². The molecule has 0 bridgehead atoms. The Balaban J connectivity index is 1.88. The summed E-state index contributed by atoms with van der Waals surface area (Å²) in [6.07, 6.45) is -3.06. The lowest BCUT2D eigenvalue weighted by atomic mass is 10.0. The fourth-order valence-corrected chi connectivity index (χ4v) is 2.64. The molecular weight excluding hydrogens is 355 g/mol. The second-order valence-electron chi connectivity index (χ2n) is 6.02. The number of nitrogens with zero attached hydrogens (tertiary/aromatic N) is 1. The Morgan fingerprint density at radius 2 is 1.81 bits per heavy atom. The minimum absolute atomic E-state index is 0.0871. The minimum atomic E-state index is -4.51. The number of pyridine rings is 1. The van der Waals surface area contributed by atoms with Gasteiger partial charge in [-0.1, -0.05) is 18.2 Å². The maximum absolute atomic E-state index is 12.8. The average Bonchev–Trinajstić information content (AvgIpc) is 2.62. The quantitative estimate of drug-likeness (QED) is 0.643. The molecule has 3 N–H and O–H groups in total. The summed E-state index contributed by atoms with van der Waals surface area (Å²) < 4.78 is 38.5. The van der Waals surface area contributed by atoms with Crippen LogP contribution >= 0.6 is 0 Å². The topological polar surface area (TPSA) is 68.0 Å². The third kappa shape index (κ3) is 4.25. The Kier molecular flexibility index (Phi) is 4.85. The number of hydrogen-bond donors (Lipinski definition) is 2. The molecule has 0 atom stereocenters. The molecule has 0 unspecified atom stereocenters. The third-order valence-electron chi connectivity index (χ3n) is 3.99. The van der Waals surface area contributed by atoms with Crippen molar-refractivity contribution in [3.8, 4) is 11.1 Å². The summed E-state index contributed by atoms with van der Waals surface area (Å²) in [4.78, 5) is 16.6. The summed E-state index contributed by atoms with van der Waals surface area (Å²) in [6.45, 7) is 1.82. The van der Waals surface area contributed by atoms with E-state index < -0.39 is 17.6 Å². The van der Waals surface area contributed by atoms with E-state index in [4.69, 9.17) is 5.73 Å². The predicted octanol–water partition coefficient (Wildman–Crippen LogP) is 4.91. The molecule has 0 saturated carbocycles. The molecule has 27 heavy (non-hydrogen) atoms. The molecule has 138 valence electrons. The molecule has 1 amide bonds. The molecule has 0 spiro atoms. The van der Waals surface area contributed by atoms with Crippen molar-refractivity contribution in [2.24, 2.45) is 0 Å². The number of aromatic nitrogens is 1. The van der Waals surface area contributed by atoms with Gasteiger partial charge in [-0.15, -0.1) is 0 Å². The van der Waals surface area contributed by atoms with Crippen LogP contribution in [0.4, 0.5) is 24.5 Å². The smallest absolute Gasteiger partial charge is 0.399 e. The zero-order chi connectivity index (χ0) is 19.6. The molecule has 0 saturated heterocycles. The van der Waals surface area contributed by atoms with Gasteiger partial charge in [-0.2, -0.15) is 13.2 Å². The Morgan fingerprint density at radius 1 is 1.07 bits per heavy atom. The van der Waals surface area contributed by atoms with Crippen LogP contribution < -0.4 is 11.1 Å². The first-order chi connectivity index (χ1) is 12.7. The predicted molar refractivity (Wildman–Crippen MR) is 98.2 cm³/mol. The van der Waals surface area contributed by atoms with E-state index in [1.165, 1.54) is 18.3 Å². The standard InChI is InChI=1S/C20H16F3N3O/c1-12-18(13-4-3-7-16(24)9-13)10-17(11-25-12)26-19(27)14-5-2-6-15(8-14)20(21,22)23/h2-11H,24H2,1H3,(H,26,27). The number of aryl methyl sites for hydroxylation is 1. The highest BCUT2D eigenvalue weighted by Crippen LogP contribution is 2.30. The second-order valence-corrected chi connectivity index (χ2v) is 6.02. The number of rotatable bonds is 3. The van der Waals surface area contributed by atoms with Crippen molar-refractivity contribution in [3.63, 3.8) is 0 Å². The molecule has 3 rings (SSSR count). The van der Waals surface area contributed by atoms with Crippen LogP contribution in [0.15, 0.2) is 60.8 Å². The van der Waals surface area contributed by atoms with Crippen LogP contribution in [-0.2, 0) is 6.18 Å². The lowest BCUT2D eigenvalue weighted by Gasteiger charge is -2.11. The van der Waals surface area contributed by atoms with Gasteiger partial charge in [0.15, 0.2) is 0 Å². The van der Waals surface area contributed by atoms with Gasteiger partial charge >= 0.3 is 6.18 Å². The number of benzene rings is 2. The molecule has 0 radical (unpaired) electrons. The highest BCUT2D eigenvalue weighted by molar-refractivity contribution is 6.04. The van der Waals surface area contributed by atoms with Gasteiger partial charge in [-0.3, -0.25) is 9.78 Å². The van der Waals surface area contributed by atoms with Gasteiger partial charge in [-0.25, -0.2) is 0 Å². The number of nitrogens with one attached hydrogen (secondary N) is 1. The Bertz CT molecular complexity index is 1000. The van der Waals surface area contributed by atoms with E-state index in [2.05, 4.69) is 10.3 Å². The highest BCUT2D eigenvalue weighted by atomic mass is 19.4. The molecule has 1 aromatic heterocycles. The van der Waals surface area contributed by atoms with Gasteiger partial charge in [-0.05, 0) is 48.9 Å². The number of carbonyl (C=O) groups excluding carboxylic acids is 1. The first-order valence-corrected chi connectivity index (χ1v) is 8.05. The SMILES string of the molecule is Cc1ncc(NC(=O)c2cccc(C(F)(F)F)c2)cc1-c1cccc(N)c1. The van der Waals surface area contributed by atoms with E-state index in [1.807, 2.05) is 13.0 Å². The molecule has 0 fully saturated rings. The molecule has 0 aliphatic rings. The zero-order valence-corrected chi connectivity index (χ0v) is 14.3. The van der Waals surface area contributed by atoms with Crippen molar-refractivity contribution >= 4 is 17.3 Å². The van der Waals surface area contributed by atoms with Gasteiger partial charge in [0.05, 0.1) is 17.4 Å².